The maximum Gasteiger partial charge on any atom is 0.333 e. The Balaban J connectivity index is 2.48. The molecule has 0 bridgehead atoms. The number of fused-ring (bicyclic) bond motifs is 1. The first-order valence-corrected chi connectivity index (χ1v) is 6.71. The molecule has 6 heteroatoms. The summed E-state index contributed by atoms with van der Waals surface area (Å²) in [6.07, 6.45) is 0. The lowest BCUT2D eigenvalue weighted by molar-refractivity contribution is -0.144. The van der Waals surface area contributed by atoms with E-state index in [0.29, 0.717) is 0 Å². The number of amides is 2. The molecule has 2 atom stereocenters. The first-order chi connectivity index (χ1) is 9.90. The van der Waals surface area contributed by atoms with Crippen LogP contribution in [0.4, 0.5) is 0 Å². The van der Waals surface area contributed by atoms with Crippen LogP contribution >= 0.6 is 11.6 Å². The van der Waals surface area contributed by atoms with Gasteiger partial charge >= 0.3 is 5.97 Å². The molecule has 5 nitrogen and oxygen atoms in total. The van der Waals surface area contributed by atoms with Crippen molar-refractivity contribution < 1.29 is 19.1 Å². The van der Waals surface area contributed by atoms with Crippen LogP contribution in [0.25, 0.3) is 0 Å². The van der Waals surface area contributed by atoms with E-state index in [1.807, 2.05) is 0 Å². The Morgan fingerprint density at radius 3 is 2.10 bits per heavy atom. The molecule has 1 aliphatic rings. The zero-order chi connectivity index (χ0) is 15.7. The average molecular weight is 308 g/mol. The summed E-state index contributed by atoms with van der Waals surface area (Å²) in [4.78, 5) is 37.7. The zero-order valence-corrected chi connectivity index (χ0v) is 12.4. The van der Waals surface area contributed by atoms with Gasteiger partial charge in [-0.15, -0.1) is 11.6 Å². The van der Waals surface area contributed by atoms with Crippen LogP contribution in [0.2, 0.25) is 0 Å². The van der Waals surface area contributed by atoms with Crippen LogP contribution in [0.3, 0.4) is 0 Å². The quantitative estimate of drug-likeness (QED) is 0.369. The van der Waals surface area contributed by atoms with Gasteiger partial charge < -0.3 is 4.74 Å². The molecule has 1 heterocycles. The van der Waals surface area contributed by atoms with Crippen molar-refractivity contribution >= 4 is 29.4 Å². The summed E-state index contributed by atoms with van der Waals surface area (Å²) < 4.78 is 4.69. The molecule has 0 aromatic heterocycles. The van der Waals surface area contributed by atoms with Crippen molar-refractivity contribution in [1.29, 1.82) is 0 Å². The van der Waals surface area contributed by atoms with E-state index in [2.05, 4.69) is 11.3 Å². The number of carbonyl (C=O) groups is 3. The number of hydrogen-bond acceptors (Lipinski definition) is 4. The lowest BCUT2D eigenvalue weighted by Gasteiger charge is -2.26. The fourth-order valence-corrected chi connectivity index (χ4v) is 2.31. The number of hydrogen-bond donors (Lipinski definition) is 0. The van der Waals surface area contributed by atoms with Crippen LogP contribution in [0, 0.1) is 0 Å². The van der Waals surface area contributed by atoms with Crippen LogP contribution in [0.1, 0.15) is 27.6 Å². The van der Waals surface area contributed by atoms with E-state index in [1.165, 1.54) is 19.2 Å². The van der Waals surface area contributed by atoms with E-state index in [1.54, 1.807) is 19.1 Å². The van der Waals surface area contributed by atoms with Gasteiger partial charge in [-0.05, 0) is 24.6 Å². The highest BCUT2D eigenvalue weighted by Gasteiger charge is 2.44. The van der Waals surface area contributed by atoms with Gasteiger partial charge in [-0.3, -0.25) is 14.5 Å². The molecule has 1 aliphatic heterocycles. The monoisotopic (exact) mass is 307 g/mol. The summed E-state index contributed by atoms with van der Waals surface area (Å²) in [7, 11) is 1.18. The highest BCUT2D eigenvalue weighted by atomic mass is 35.5. The van der Waals surface area contributed by atoms with E-state index in [-0.39, 0.29) is 16.7 Å². The van der Waals surface area contributed by atoms with Crippen LogP contribution in [-0.4, -0.2) is 41.2 Å². The Kier molecular flexibility index (Phi) is 4.14. The van der Waals surface area contributed by atoms with Gasteiger partial charge in [0.2, 0.25) is 0 Å². The average Bonchev–Trinajstić information content (AvgIpc) is 2.72. The molecular weight excluding hydrogens is 294 g/mol. The van der Waals surface area contributed by atoms with Crippen LogP contribution in [-0.2, 0) is 9.53 Å². The number of benzene rings is 1. The van der Waals surface area contributed by atoms with E-state index < -0.39 is 29.2 Å². The first kappa shape index (κ1) is 15.3. The van der Waals surface area contributed by atoms with Crippen molar-refractivity contribution in [1.82, 2.24) is 4.90 Å². The molecule has 0 saturated carbocycles. The number of halogens is 1. The molecule has 1 aromatic carbocycles. The predicted octanol–water partition coefficient (Wildman–Crippen LogP) is 2.01. The lowest BCUT2D eigenvalue weighted by atomic mass is 10.0. The van der Waals surface area contributed by atoms with Crippen molar-refractivity contribution in [2.24, 2.45) is 0 Å². The minimum Gasteiger partial charge on any atom is -0.467 e. The maximum atomic E-state index is 12.4. The number of imide groups is 1. The molecule has 0 aliphatic carbocycles. The number of methoxy groups -OCH3 is 1. The number of rotatable bonds is 4. The Morgan fingerprint density at radius 1 is 1.24 bits per heavy atom. The van der Waals surface area contributed by atoms with Crippen LogP contribution in [0.5, 0.6) is 0 Å². The summed E-state index contributed by atoms with van der Waals surface area (Å²) in [6.45, 7) is 5.33. The SMILES string of the molecule is C=C([C@@H](C(=O)OC)N1C(=O)c2ccccc2C1=O)[C@@H](C)Cl. The van der Waals surface area contributed by atoms with E-state index in [4.69, 9.17) is 11.6 Å². The summed E-state index contributed by atoms with van der Waals surface area (Å²) >= 11 is 5.95. The number of ether oxygens (including phenoxy) is 1. The largest absolute Gasteiger partial charge is 0.467 e. The third-order valence-electron chi connectivity index (χ3n) is 3.37. The van der Waals surface area contributed by atoms with Gasteiger partial charge in [-0.25, -0.2) is 4.79 Å². The molecule has 0 fully saturated rings. The van der Waals surface area contributed by atoms with Gasteiger partial charge in [0.05, 0.1) is 23.6 Å². The summed E-state index contributed by atoms with van der Waals surface area (Å²) in [5.41, 5.74) is 0.746. The summed E-state index contributed by atoms with van der Waals surface area (Å²) in [5.74, 6) is -1.85. The normalized spacial score (nSPS) is 16.4. The van der Waals surface area contributed by atoms with Crippen LogP contribution in [0.15, 0.2) is 36.4 Å². The predicted molar refractivity (Wildman–Crippen MR) is 77.2 cm³/mol. The van der Waals surface area contributed by atoms with Crippen molar-refractivity contribution in [3.05, 3.63) is 47.5 Å². The summed E-state index contributed by atoms with van der Waals surface area (Å²) in [6, 6.07) is 5.15. The van der Waals surface area contributed by atoms with E-state index in [9.17, 15) is 14.4 Å². The number of alkyl halides is 1. The number of carbonyl (C=O) groups excluding carboxylic acids is 3. The third kappa shape index (κ3) is 2.45. The second kappa shape index (κ2) is 5.69. The molecule has 2 rings (SSSR count). The number of nitrogens with zero attached hydrogens (tertiary/aromatic N) is 1. The molecule has 0 radical (unpaired) electrons. The highest BCUT2D eigenvalue weighted by molar-refractivity contribution is 6.25. The molecule has 0 N–H and O–H groups in total. The Hall–Kier alpha value is -2.14. The minimum atomic E-state index is -1.23. The first-order valence-electron chi connectivity index (χ1n) is 6.27. The Morgan fingerprint density at radius 2 is 1.71 bits per heavy atom. The lowest BCUT2D eigenvalue weighted by Crippen LogP contribution is -2.47. The molecule has 2 amide bonds. The minimum absolute atomic E-state index is 0.234. The Bertz CT molecular complexity index is 603. The van der Waals surface area contributed by atoms with Gasteiger partial charge in [-0.2, -0.15) is 0 Å². The van der Waals surface area contributed by atoms with Crippen molar-refractivity contribution in [3.63, 3.8) is 0 Å². The van der Waals surface area contributed by atoms with Crippen molar-refractivity contribution in [2.75, 3.05) is 7.11 Å². The van der Waals surface area contributed by atoms with Crippen molar-refractivity contribution in [2.45, 2.75) is 18.3 Å². The molecule has 0 unspecified atom stereocenters. The molecule has 0 spiro atoms. The molecule has 0 saturated heterocycles. The van der Waals surface area contributed by atoms with Gasteiger partial charge in [0.25, 0.3) is 11.8 Å². The zero-order valence-electron chi connectivity index (χ0n) is 11.6. The van der Waals surface area contributed by atoms with Crippen LogP contribution < -0.4 is 0 Å². The maximum absolute atomic E-state index is 12.4. The van der Waals surface area contributed by atoms with Gasteiger partial charge in [-0.1, -0.05) is 18.7 Å². The van der Waals surface area contributed by atoms with E-state index in [0.717, 1.165) is 4.90 Å². The molecular formula is C15H14ClNO4. The second-order valence-corrected chi connectivity index (χ2v) is 5.30. The molecule has 21 heavy (non-hydrogen) atoms. The number of esters is 1. The topological polar surface area (TPSA) is 63.7 Å². The third-order valence-corrected chi connectivity index (χ3v) is 3.65. The molecule has 1 aromatic rings. The standard InChI is InChI=1S/C15H14ClNO4/c1-8(9(2)16)12(15(20)21-3)17-13(18)10-6-4-5-7-11(10)14(17)19/h4-7,9,12H,1H2,2-3H3/t9-,12+/m1/s1. The smallest absolute Gasteiger partial charge is 0.333 e. The highest BCUT2D eigenvalue weighted by Crippen LogP contribution is 2.28. The Labute approximate surface area is 127 Å². The fraction of sp³-hybridized carbons (Fsp3) is 0.267. The molecule has 110 valence electrons. The van der Waals surface area contributed by atoms with Gasteiger partial charge in [0, 0.05) is 0 Å². The van der Waals surface area contributed by atoms with Gasteiger partial charge in [0.15, 0.2) is 6.04 Å². The summed E-state index contributed by atoms with van der Waals surface area (Å²) in [5, 5.41) is -0.599. The second-order valence-electron chi connectivity index (χ2n) is 4.64. The fourth-order valence-electron chi connectivity index (χ4n) is 2.19. The van der Waals surface area contributed by atoms with E-state index >= 15 is 0 Å². The van der Waals surface area contributed by atoms with Gasteiger partial charge in [0.1, 0.15) is 0 Å². The van der Waals surface area contributed by atoms with Crippen molar-refractivity contribution in [3.8, 4) is 0 Å².